The van der Waals surface area contributed by atoms with E-state index in [1.54, 1.807) is 0 Å². The summed E-state index contributed by atoms with van der Waals surface area (Å²) in [7, 11) is 0. The molecule has 0 bridgehead atoms. The number of ketones is 1. The third-order valence-corrected chi connectivity index (χ3v) is 3.72. The molecule has 0 spiro atoms. The Morgan fingerprint density at radius 1 is 1.05 bits per heavy atom. The van der Waals surface area contributed by atoms with Crippen LogP contribution in [0.3, 0.4) is 0 Å². The van der Waals surface area contributed by atoms with Crippen LogP contribution in [0.4, 0.5) is 0 Å². The standard InChI is InChI=1S/C16H18O3S/c1-3-10-18-13-5-7-14(8-6-13)19-11-15(17)16-9-4-12(2)20-16/h4-9H,3,10-11H2,1-2H3. The second-order valence-electron chi connectivity index (χ2n) is 4.44. The van der Waals surface area contributed by atoms with Gasteiger partial charge in [0, 0.05) is 4.88 Å². The largest absolute Gasteiger partial charge is 0.494 e. The molecule has 106 valence electrons. The van der Waals surface area contributed by atoms with Gasteiger partial charge in [0.25, 0.3) is 0 Å². The first-order valence-electron chi connectivity index (χ1n) is 6.64. The molecule has 2 aromatic rings. The monoisotopic (exact) mass is 290 g/mol. The molecule has 0 saturated carbocycles. The summed E-state index contributed by atoms with van der Waals surface area (Å²) >= 11 is 1.49. The molecule has 0 saturated heterocycles. The molecule has 0 atom stereocenters. The van der Waals surface area contributed by atoms with E-state index in [9.17, 15) is 4.79 Å². The van der Waals surface area contributed by atoms with Crippen LogP contribution in [0.25, 0.3) is 0 Å². The van der Waals surface area contributed by atoms with E-state index in [0.29, 0.717) is 12.4 Å². The normalized spacial score (nSPS) is 10.3. The van der Waals surface area contributed by atoms with Crippen molar-refractivity contribution in [2.45, 2.75) is 20.3 Å². The van der Waals surface area contributed by atoms with E-state index in [0.717, 1.165) is 21.9 Å². The predicted octanol–water partition coefficient (Wildman–Crippen LogP) is 4.11. The van der Waals surface area contributed by atoms with Gasteiger partial charge < -0.3 is 9.47 Å². The van der Waals surface area contributed by atoms with Crippen LogP contribution in [0.5, 0.6) is 11.5 Å². The van der Waals surface area contributed by atoms with E-state index in [4.69, 9.17) is 9.47 Å². The van der Waals surface area contributed by atoms with Crippen molar-refractivity contribution in [3.8, 4) is 11.5 Å². The molecule has 0 aliphatic heterocycles. The smallest absolute Gasteiger partial charge is 0.210 e. The van der Waals surface area contributed by atoms with Gasteiger partial charge in [-0.3, -0.25) is 4.79 Å². The van der Waals surface area contributed by atoms with Gasteiger partial charge in [0.05, 0.1) is 11.5 Å². The van der Waals surface area contributed by atoms with Gasteiger partial charge in [-0.05, 0) is 49.7 Å². The number of aryl methyl sites for hydroxylation is 1. The van der Waals surface area contributed by atoms with E-state index in [1.807, 2.05) is 43.3 Å². The van der Waals surface area contributed by atoms with Gasteiger partial charge in [0.15, 0.2) is 6.61 Å². The first-order chi connectivity index (χ1) is 9.69. The summed E-state index contributed by atoms with van der Waals surface area (Å²) in [5.41, 5.74) is 0. The van der Waals surface area contributed by atoms with Gasteiger partial charge in [-0.1, -0.05) is 6.92 Å². The van der Waals surface area contributed by atoms with Crippen molar-refractivity contribution < 1.29 is 14.3 Å². The second kappa shape index (κ2) is 7.10. The maximum Gasteiger partial charge on any atom is 0.210 e. The fourth-order valence-electron chi connectivity index (χ4n) is 1.66. The van der Waals surface area contributed by atoms with Crippen LogP contribution < -0.4 is 9.47 Å². The minimum Gasteiger partial charge on any atom is -0.494 e. The average Bonchev–Trinajstić information content (AvgIpc) is 2.90. The maximum atomic E-state index is 11.9. The van der Waals surface area contributed by atoms with Crippen molar-refractivity contribution in [1.29, 1.82) is 0 Å². The molecule has 1 heterocycles. The Morgan fingerprint density at radius 2 is 1.70 bits per heavy atom. The summed E-state index contributed by atoms with van der Waals surface area (Å²) < 4.78 is 11.0. The van der Waals surface area contributed by atoms with Crippen molar-refractivity contribution in [1.82, 2.24) is 0 Å². The highest BCUT2D eigenvalue weighted by atomic mass is 32.1. The van der Waals surface area contributed by atoms with E-state index >= 15 is 0 Å². The Labute approximate surface area is 123 Å². The summed E-state index contributed by atoms with van der Waals surface area (Å²) in [5.74, 6) is 1.50. The van der Waals surface area contributed by atoms with E-state index in [2.05, 4.69) is 6.92 Å². The third kappa shape index (κ3) is 4.10. The van der Waals surface area contributed by atoms with Gasteiger partial charge in [0.2, 0.25) is 5.78 Å². The Balaban J connectivity index is 1.86. The lowest BCUT2D eigenvalue weighted by Crippen LogP contribution is -2.09. The molecule has 3 nitrogen and oxygen atoms in total. The van der Waals surface area contributed by atoms with E-state index < -0.39 is 0 Å². The van der Waals surface area contributed by atoms with Crippen LogP contribution in [0.15, 0.2) is 36.4 Å². The van der Waals surface area contributed by atoms with Crippen LogP contribution in [0.2, 0.25) is 0 Å². The Bertz CT molecular complexity index is 557. The molecule has 0 unspecified atom stereocenters. The molecule has 0 N–H and O–H groups in total. The molecule has 0 aliphatic carbocycles. The number of Topliss-reactive ketones (excluding diaryl/α,β-unsaturated/α-hetero) is 1. The second-order valence-corrected chi connectivity index (χ2v) is 5.73. The summed E-state index contributed by atoms with van der Waals surface area (Å²) in [4.78, 5) is 13.8. The van der Waals surface area contributed by atoms with E-state index in [1.165, 1.54) is 11.3 Å². The van der Waals surface area contributed by atoms with Gasteiger partial charge in [-0.25, -0.2) is 0 Å². The summed E-state index contributed by atoms with van der Waals surface area (Å²) in [6.07, 6.45) is 0.979. The number of rotatable bonds is 7. The predicted molar refractivity (Wildman–Crippen MR) is 81.1 cm³/mol. The van der Waals surface area contributed by atoms with Crippen molar-refractivity contribution in [3.63, 3.8) is 0 Å². The SMILES string of the molecule is CCCOc1ccc(OCC(=O)c2ccc(C)s2)cc1. The molecule has 1 aromatic carbocycles. The number of carbonyl (C=O) groups excluding carboxylic acids is 1. The average molecular weight is 290 g/mol. The number of hydrogen-bond acceptors (Lipinski definition) is 4. The third-order valence-electron chi connectivity index (χ3n) is 2.68. The molecular weight excluding hydrogens is 272 g/mol. The van der Waals surface area contributed by atoms with Crippen LogP contribution in [-0.4, -0.2) is 19.0 Å². The van der Waals surface area contributed by atoms with Gasteiger partial charge in [-0.2, -0.15) is 0 Å². The molecule has 20 heavy (non-hydrogen) atoms. The van der Waals surface area contributed by atoms with Gasteiger partial charge >= 0.3 is 0 Å². The van der Waals surface area contributed by atoms with Crippen LogP contribution in [-0.2, 0) is 0 Å². The topological polar surface area (TPSA) is 35.5 Å². The molecule has 0 aliphatic rings. The fraction of sp³-hybridized carbons (Fsp3) is 0.312. The number of hydrogen-bond donors (Lipinski definition) is 0. The van der Waals surface area contributed by atoms with Crippen molar-refractivity contribution >= 4 is 17.1 Å². The highest BCUT2D eigenvalue weighted by Gasteiger charge is 2.09. The van der Waals surface area contributed by atoms with Gasteiger partial charge in [-0.15, -0.1) is 11.3 Å². The van der Waals surface area contributed by atoms with Crippen LogP contribution >= 0.6 is 11.3 Å². The lowest BCUT2D eigenvalue weighted by Gasteiger charge is -2.07. The molecule has 0 amide bonds. The lowest BCUT2D eigenvalue weighted by molar-refractivity contribution is 0.0925. The zero-order valence-electron chi connectivity index (χ0n) is 11.7. The minimum atomic E-state index is 0.00871. The first-order valence-corrected chi connectivity index (χ1v) is 7.46. The van der Waals surface area contributed by atoms with Crippen molar-refractivity contribution in [3.05, 3.63) is 46.2 Å². The lowest BCUT2D eigenvalue weighted by atomic mass is 10.3. The molecule has 1 aromatic heterocycles. The number of ether oxygens (including phenoxy) is 2. The van der Waals surface area contributed by atoms with Crippen molar-refractivity contribution in [2.75, 3.05) is 13.2 Å². The molecule has 0 radical (unpaired) electrons. The van der Waals surface area contributed by atoms with Gasteiger partial charge in [0.1, 0.15) is 11.5 Å². The quantitative estimate of drug-likeness (QED) is 0.720. The maximum absolute atomic E-state index is 11.9. The molecule has 4 heteroatoms. The van der Waals surface area contributed by atoms with Crippen LogP contribution in [0, 0.1) is 6.92 Å². The Kier molecular flexibility index (Phi) is 5.18. The molecular formula is C16H18O3S. The number of thiophene rings is 1. The summed E-state index contributed by atoms with van der Waals surface area (Å²) in [6.45, 7) is 4.82. The summed E-state index contributed by atoms with van der Waals surface area (Å²) in [5, 5.41) is 0. The summed E-state index contributed by atoms with van der Waals surface area (Å²) in [6, 6.07) is 11.1. The zero-order chi connectivity index (χ0) is 14.4. The minimum absolute atomic E-state index is 0.00871. The van der Waals surface area contributed by atoms with Crippen LogP contribution in [0.1, 0.15) is 27.9 Å². The zero-order valence-corrected chi connectivity index (χ0v) is 12.5. The van der Waals surface area contributed by atoms with Crippen molar-refractivity contribution in [2.24, 2.45) is 0 Å². The number of carbonyl (C=O) groups is 1. The highest BCUT2D eigenvalue weighted by molar-refractivity contribution is 7.14. The number of benzene rings is 1. The fourth-order valence-corrected chi connectivity index (χ4v) is 2.45. The first kappa shape index (κ1) is 14.6. The molecule has 0 fully saturated rings. The molecule has 2 rings (SSSR count). The van der Waals surface area contributed by atoms with E-state index in [-0.39, 0.29) is 12.4 Å². The highest BCUT2D eigenvalue weighted by Crippen LogP contribution is 2.19. The Morgan fingerprint density at radius 3 is 2.25 bits per heavy atom. The Hall–Kier alpha value is -1.81.